The summed E-state index contributed by atoms with van der Waals surface area (Å²) in [5, 5.41) is 8.22. The number of methoxy groups -OCH3 is 1. The van der Waals surface area contributed by atoms with Crippen molar-refractivity contribution in [2.75, 3.05) is 12.0 Å². The third-order valence-electron chi connectivity index (χ3n) is 5.81. The number of urea groups is 1. The Kier molecular flexibility index (Phi) is 5.23. The maximum Gasteiger partial charge on any atom is 0.332 e. The summed E-state index contributed by atoms with van der Waals surface area (Å²) in [6.45, 7) is 7.18. The van der Waals surface area contributed by atoms with Crippen LogP contribution in [0.3, 0.4) is 0 Å². The number of halogens is 1. The number of carbonyl (C=O) groups excluding carboxylic acids is 2. The van der Waals surface area contributed by atoms with Crippen molar-refractivity contribution in [2.24, 2.45) is 0 Å². The molecule has 0 unspecified atom stereocenters. The molecule has 2 aromatic heterocycles. The molecule has 0 aliphatic carbocycles. The molecule has 0 radical (unpaired) electrons. The molecule has 1 aromatic carbocycles. The molecule has 10 heteroatoms. The maximum atomic E-state index is 14.5. The van der Waals surface area contributed by atoms with Crippen LogP contribution in [0, 0.1) is 19.7 Å². The Balaban J connectivity index is 1.63. The molecule has 1 saturated heterocycles. The highest BCUT2D eigenvalue weighted by molar-refractivity contribution is 6.22. The van der Waals surface area contributed by atoms with Crippen molar-refractivity contribution in [3.63, 3.8) is 0 Å². The van der Waals surface area contributed by atoms with Gasteiger partial charge in [0.1, 0.15) is 22.9 Å². The first-order valence-electron chi connectivity index (χ1n) is 10.1. The third kappa shape index (κ3) is 3.41. The number of imide groups is 1. The molecule has 4 rings (SSSR count). The van der Waals surface area contributed by atoms with Gasteiger partial charge in [-0.15, -0.1) is 0 Å². The van der Waals surface area contributed by atoms with Crippen LogP contribution in [0.1, 0.15) is 36.4 Å². The summed E-state index contributed by atoms with van der Waals surface area (Å²) in [7, 11) is 1.43. The fourth-order valence-corrected chi connectivity index (χ4v) is 3.81. The standard InChI is InChI=1S/C22H24FN5O4/c1-13-16(14(2)32-25-13)11-26-10-15(9-24-26)28-20(29)22(3,4)27(21(28)30)12-17-18(23)7-6-8-19(17)31-5/h6-10H,11-12H2,1-5H3. The normalized spacial score (nSPS) is 15.7. The van der Waals surface area contributed by atoms with Crippen LogP contribution in [0.2, 0.25) is 0 Å². The number of hydrogen-bond donors (Lipinski definition) is 0. The minimum atomic E-state index is -1.19. The quantitative estimate of drug-likeness (QED) is 0.544. The van der Waals surface area contributed by atoms with E-state index in [1.807, 2.05) is 13.8 Å². The number of anilines is 1. The average molecular weight is 441 g/mol. The van der Waals surface area contributed by atoms with Crippen molar-refractivity contribution in [1.82, 2.24) is 19.8 Å². The van der Waals surface area contributed by atoms with E-state index >= 15 is 0 Å². The number of ether oxygens (including phenoxy) is 1. The Bertz CT molecular complexity index is 1180. The van der Waals surface area contributed by atoms with E-state index in [-0.39, 0.29) is 12.1 Å². The van der Waals surface area contributed by atoms with Gasteiger partial charge in [-0.05, 0) is 39.8 Å². The Morgan fingerprint density at radius 3 is 2.56 bits per heavy atom. The molecule has 3 aromatic rings. The van der Waals surface area contributed by atoms with Gasteiger partial charge in [-0.3, -0.25) is 9.48 Å². The van der Waals surface area contributed by atoms with Crippen LogP contribution in [0.5, 0.6) is 5.75 Å². The lowest BCUT2D eigenvalue weighted by Crippen LogP contribution is -2.43. The molecule has 1 fully saturated rings. The molecular formula is C22H24FN5O4. The zero-order valence-corrected chi connectivity index (χ0v) is 18.5. The summed E-state index contributed by atoms with van der Waals surface area (Å²) in [5.41, 5.74) is 0.989. The summed E-state index contributed by atoms with van der Waals surface area (Å²) in [6, 6.07) is 3.88. The summed E-state index contributed by atoms with van der Waals surface area (Å²) in [6.07, 6.45) is 3.07. The molecule has 0 N–H and O–H groups in total. The second kappa shape index (κ2) is 7.77. The van der Waals surface area contributed by atoms with E-state index in [1.54, 1.807) is 30.8 Å². The maximum absolute atomic E-state index is 14.5. The van der Waals surface area contributed by atoms with Crippen molar-refractivity contribution < 1.29 is 23.2 Å². The minimum Gasteiger partial charge on any atom is -0.496 e. The van der Waals surface area contributed by atoms with Crippen LogP contribution in [-0.4, -0.2) is 44.4 Å². The van der Waals surface area contributed by atoms with Gasteiger partial charge in [-0.25, -0.2) is 14.1 Å². The van der Waals surface area contributed by atoms with E-state index in [2.05, 4.69) is 10.3 Å². The van der Waals surface area contributed by atoms with Crippen molar-refractivity contribution in [3.05, 3.63) is 59.0 Å². The van der Waals surface area contributed by atoms with E-state index < -0.39 is 23.3 Å². The predicted octanol–water partition coefficient (Wildman–Crippen LogP) is 3.43. The summed E-state index contributed by atoms with van der Waals surface area (Å²) < 4.78 is 26.5. The molecule has 0 bridgehead atoms. The van der Waals surface area contributed by atoms with Crippen molar-refractivity contribution in [2.45, 2.75) is 46.3 Å². The van der Waals surface area contributed by atoms with Crippen LogP contribution in [0.15, 0.2) is 35.1 Å². The first-order chi connectivity index (χ1) is 15.1. The number of hydrogen-bond acceptors (Lipinski definition) is 6. The highest BCUT2D eigenvalue weighted by Gasteiger charge is 2.52. The Labute approximate surface area is 184 Å². The monoisotopic (exact) mass is 441 g/mol. The first kappa shape index (κ1) is 21.5. The van der Waals surface area contributed by atoms with Crippen LogP contribution >= 0.6 is 0 Å². The van der Waals surface area contributed by atoms with Crippen molar-refractivity contribution >= 4 is 17.6 Å². The molecule has 1 aliphatic heterocycles. The zero-order valence-electron chi connectivity index (χ0n) is 18.5. The van der Waals surface area contributed by atoms with E-state index in [0.29, 0.717) is 23.7 Å². The average Bonchev–Trinajstić information content (AvgIpc) is 3.38. The number of carbonyl (C=O) groups is 2. The number of nitrogens with zero attached hydrogens (tertiary/aromatic N) is 5. The van der Waals surface area contributed by atoms with Gasteiger partial charge >= 0.3 is 6.03 Å². The van der Waals surface area contributed by atoms with E-state index in [9.17, 15) is 14.0 Å². The van der Waals surface area contributed by atoms with Gasteiger partial charge in [0.25, 0.3) is 5.91 Å². The summed E-state index contributed by atoms with van der Waals surface area (Å²) >= 11 is 0. The predicted molar refractivity (Wildman–Crippen MR) is 113 cm³/mol. The minimum absolute atomic E-state index is 0.114. The largest absolute Gasteiger partial charge is 0.496 e. The van der Waals surface area contributed by atoms with E-state index in [0.717, 1.165) is 16.2 Å². The highest BCUT2D eigenvalue weighted by atomic mass is 19.1. The summed E-state index contributed by atoms with van der Waals surface area (Å²) in [4.78, 5) is 28.9. The Morgan fingerprint density at radius 1 is 1.16 bits per heavy atom. The number of benzene rings is 1. The molecule has 0 saturated carbocycles. The Morgan fingerprint density at radius 2 is 1.91 bits per heavy atom. The van der Waals surface area contributed by atoms with E-state index in [1.165, 1.54) is 30.3 Å². The second-order valence-electron chi connectivity index (χ2n) is 8.19. The van der Waals surface area contributed by atoms with Gasteiger partial charge in [-0.2, -0.15) is 5.10 Å². The van der Waals surface area contributed by atoms with Gasteiger partial charge < -0.3 is 14.2 Å². The zero-order chi connectivity index (χ0) is 23.2. The third-order valence-corrected chi connectivity index (χ3v) is 5.81. The second-order valence-corrected chi connectivity index (χ2v) is 8.19. The number of aromatic nitrogens is 3. The van der Waals surface area contributed by atoms with Crippen molar-refractivity contribution in [1.29, 1.82) is 0 Å². The molecule has 0 spiro atoms. The molecular weight excluding hydrogens is 417 g/mol. The highest BCUT2D eigenvalue weighted by Crippen LogP contribution is 2.35. The number of amides is 3. The SMILES string of the molecule is COc1cccc(F)c1CN1C(=O)N(c2cnn(Cc3c(C)noc3C)c2)C(=O)C1(C)C. The topological polar surface area (TPSA) is 93.7 Å². The lowest BCUT2D eigenvalue weighted by atomic mass is 10.0. The molecule has 3 heterocycles. The summed E-state index contributed by atoms with van der Waals surface area (Å²) in [5.74, 6) is 0.0617. The molecule has 168 valence electrons. The van der Waals surface area contributed by atoms with Gasteiger partial charge in [-0.1, -0.05) is 11.2 Å². The van der Waals surface area contributed by atoms with Crippen molar-refractivity contribution in [3.8, 4) is 5.75 Å². The number of aryl methyl sites for hydroxylation is 2. The van der Waals surface area contributed by atoms with Crippen LogP contribution in [0.4, 0.5) is 14.9 Å². The lowest BCUT2D eigenvalue weighted by Gasteiger charge is -2.28. The fourth-order valence-electron chi connectivity index (χ4n) is 3.81. The van der Waals surface area contributed by atoms with Gasteiger partial charge in [0.05, 0.1) is 37.8 Å². The van der Waals surface area contributed by atoms with Crippen LogP contribution in [-0.2, 0) is 17.9 Å². The van der Waals surface area contributed by atoms with Crippen LogP contribution < -0.4 is 9.64 Å². The molecule has 0 atom stereocenters. The molecule has 3 amide bonds. The van der Waals surface area contributed by atoms with Gasteiger partial charge in [0.2, 0.25) is 0 Å². The fraction of sp³-hybridized carbons (Fsp3) is 0.364. The van der Waals surface area contributed by atoms with Gasteiger partial charge in [0, 0.05) is 17.3 Å². The Hall–Kier alpha value is -3.69. The molecule has 32 heavy (non-hydrogen) atoms. The van der Waals surface area contributed by atoms with Gasteiger partial charge in [0.15, 0.2) is 0 Å². The molecule has 1 aliphatic rings. The smallest absolute Gasteiger partial charge is 0.332 e. The van der Waals surface area contributed by atoms with E-state index in [4.69, 9.17) is 9.26 Å². The van der Waals surface area contributed by atoms with Crippen LogP contribution in [0.25, 0.3) is 0 Å². The number of rotatable bonds is 6. The lowest BCUT2D eigenvalue weighted by molar-refractivity contribution is -0.123. The molecule has 9 nitrogen and oxygen atoms in total. The first-order valence-corrected chi connectivity index (χ1v) is 10.1.